The fourth-order valence-electron chi connectivity index (χ4n) is 1.73. The van der Waals surface area contributed by atoms with E-state index in [1.54, 1.807) is 25.3 Å². The number of anilines is 1. The van der Waals surface area contributed by atoms with Gasteiger partial charge in [-0.3, -0.25) is 15.5 Å². The minimum absolute atomic E-state index is 0. The van der Waals surface area contributed by atoms with Crippen molar-refractivity contribution >= 4 is 30.1 Å². The maximum Gasteiger partial charge on any atom is 0.313 e. The third-order valence-corrected chi connectivity index (χ3v) is 2.77. The van der Waals surface area contributed by atoms with Gasteiger partial charge in [-0.2, -0.15) is 5.10 Å². The number of pyridine rings is 1. The number of benzene rings is 1. The van der Waals surface area contributed by atoms with Crippen molar-refractivity contribution < 1.29 is 14.4 Å². The first-order valence-electron chi connectivity index (χ1n) is 6.26. The fourth-order valence-corrected chi connectivity index (χ4v) is 1.73. The highest BCUT2D eigenvalue weighted by molar-refractivity contribution is 5.85. The van der Waals surface area contributed by atoms with Gasteiger partial charge in [0.1, 0.15) is 0 Å². The topological polar surface area (TPSA) is 98.9 Å². The molecule has 9 heteroatoms. The average molecular weight is 339 g/mol. The summed E-state index contributed by atoms with van der Waals surface area (Å²) in [5, 5.41) is 14.8. The van der Waals surface area contributed by atoms with Crippen LogP contribution in [-0.4, -0.2) is 30.3 Å². The SMILES string of the molecule is COc1ccc(C=NNc2ncccc2[N+](=O)[O-])cc1OC.Cl. The molecule has 122 valence electrons. The molecule has 1 aromatic carbocycles. The number of ether oxygens (including phenoxy) is 2. The Kier molecular flexibility index (Phi) is 6.75. The second-order valence-electron chi connectivity index (χ2n) is 4.11. The summed E-state index contributed by atoms with van der Waals surface area (Å²) in [7, 11) is 3.08. The second kappa shape index (κ2) is 8.54. The maximum atomic E-state index is 10.9. The average Bonchev–Trinajstić information content (AvgIpc) is 2.55. The minimum atomic E-state index is -0.527. The number of nitrogens with one attached hydrogen (secondary N) is 1. The summed E-state index contributed by atoms with van der Waals surface area (Å²) in [5.41, 5.74) is 3.15. The molecule has 0 amide bonds. The van der Waals surface area contributed by atoms with Gasteiger partial charge < -0.3 is 9.47 Å². The normalized spacial score (nSPS) is 10.0. The Morgan fingerprint density at radius 1 is 1.26 bits per heavy atom. The zero-order valence-corrected chi connectivity index (χ0v) is 13.2. The van der Waals surface area contributed by atoms with E-state index < -0.39 is 4.92 Å². The van der Waals surface area contributed by atoms with Gasteiger partial charge in [0, 0.05) is 12.3 Å². The molecule has 1 N–H and O–H groups in total. The molecule has 0 spiro atoms. The highest BCUT2D eigenvalue weighted by Gasteiger charge is 2.12. The molecule has 0 aliphatic heterocycles. The van der Waals surface area contributed by atoms with E-state index in [9.17, 15) is 10.1 Å². The highest BCUT2D eigenvalue weighted by atomic mass is 35.5. The predicted molar refractivity (Wildman–Crippen MR) is 88.9 cm³/mol. The van der Waals surface area contributed by atoms with Crippen LogP contribution >= 0.6 is 12.4 Å². The Morgan fingerprint density at radius 3 is 2.65 bits per heavy atom. The van der Waals surface area contributed by atoms with Gasteiger partial charge in [-0.05, 0) is 29.8 Å². The summed E-state index contributed by atoms with van der Waals surface area (Å²) in [6, 6.07) is 8.09. The van der Waals surface area contributed by atoms with Gasteiger partial charge >= 0.3 is 5.69 Å². The lowest BCUT2D eigenvalue weighted by molar-refractivity contribution is -0.384. The number of rotatable bonds is 6. The summed E-state index contributed by atoms with van der Waals surface area (Å²) in [6.07, 6.45) is 2.95. The van der Waals surface area contributed by atoms with E-state index in [1.165, 1.54) is 31.7 Å². The summed E-state index contributed by atoms with van der Waals surface area (Å²) in [4.78, 5) is 14.2. The van der Waals surface area contributed by atoms with Gasteiger partial charge in [0.05, 0.1) is 25.4 Å². The maximum absolute atomic E-state index is 10.9. The smallest absolute Gasteiger partial charge is 0.313 e. The zero-order valence-electron chi connectivity index (χ0n) is 12.4. The van der Waals surface area contributed by atoms with Crippen LogP contribution in [0.5, 0.6) is 11.5 Å². The molecule has 1 aromatic heterocycles. The number of methoxy groups -OCH3 is 2. The number of halogens is 1. The second-order valence-corrected chi connectivity index (χ2v) is 4.11. The first-order chi connectivity index (χ1) is 10.7. The van der Waals surface area contributed by atoms with Crippen molar-refractivity contribution in [2.45, 2.75) is 0 Å². The van der Waals surface area contributed by atoms with Gasteiger partial charge in [-0.25, -0.2) is 4.98 Å². The number of hydrazone groups is 1. The minimum Gasteiger partial charge on any atom is -0.493 e. The van der Waals surface area contributed by atoms with E-state index in [2.05, 4.69) is 15.5 Å². The third kappa shape index (κ3) is 4.55. The zero-order chi connectivity index (χ0) is 15.9. The van der Waals surface area contributed by atoms with Crippen molar-refractivity contribution in [3.05, 3.63) is 52.2 Å². The summed E-state index contributed by atoms with van der Waals surface area (Å²) < 4.78 is 10.3. The molecule has 0 aliphatic rings. The lowest BCUT2D eigenvalue weighted by Crippen LogP contribution is -1.99. The Balaban J connectivity index is 0.00000264. The molecule has 23 heavy (non-hydrogen) atoms. The van der Waals surface area contributed by atoms with E-state index in [0.717, 1.165) is 5.56 Å². The summed E-state index contributed by atoms with van der Waals surface area (Å²) in [6.45, 7) is 0. The Bertz CT molecular complexity index is 709. The molecule has 0 atom stereocenters. The van der Waals surface area contributed by atoms with Crippen molar-refractivity contribution in [2.75, 3.05) is 19.6 Å². The molecule has 0 bridgehead atoms. The molecule has 0 unspecified atom stereocenters. The van der Waals surface area contributed by atoms with Crippen LogP contribution in [0.4, 0.5) is 11.5 Å². The van der Waals surface area contributed by atoms with Crippen molar-refractivity contribution in [1.82, 2.24) is 4.98 Å². The number of hydrogen-bond donors (Lipinski definition) is 1. The van der Waals surface area contributed by atoms with Crippen molar-refractivity contribution in [3.8, 4) is 11.5 Å². The number of aromatic nitrogens is 1. The standard InChI is InChI=1S/C14H14N4O4.ClH/c1-21-12-6-5-10(8-13(12)22-2)9-16-17-14-11(18(19)20)4-3-7-15-14;/h3-9H,1-2H3,(H,15,17);1H. The van der Waals surface area contributed by atoms with Crippen LogP contribution in [0.3, 0.4) is 0 Å². The van der Waals surface area contributed by atoms with E-state index in [0.29, 0.717) is 11.5 Å². The lowest BCUT2D eigenvalue weighted by atomic mass is 10.2. The van der Waals surface area contributed by atoms with Crippen LogP contribution in [0.25, 0.3) is 0 Å². The Labute approximate surface area is 138 Å². The van der Waals surface area contributed by atoms with Gasteiger partial charge in [0.2, 0.25) is 5.82 Å². The first kappa shape index (κ1) is 18.2. The molecule has 0 aliphatic carbocycles. The Morgan fingerprint density at radius 2 is 2.00 bits per heavy atom. The largest absolute Gasteiger partial charge is 0.493 e. The molecule has 2 aromatic rings. The van der Waals surface area contributed by atoms with E-state index in [1.807, 2.05) is 0 Å². The predicted octanol–water partition coefficient (Wildman–Crippen LogP) is 2.87. The van der Waals surface area contributed by atoms with E-state index in [4.69, 9.17) is 9.47 Å². The van der Waals surface area contributed by atoms with Crippen LogP contribution in [0.1, 0.15) is 5.56 Å². The molecule has 1 heterocycles. The molecule has 0 radical (unpaired) electrons. The van der Waals surface area contributed by atoms with Crippen molar-refractivity contribution in [3.63, 3.8) is 0 Å². The first-order valence-corrected chi connectivity index (χ1v) is 6.26. The monoisotopic (exact) mass is 338 g/mol. The van der Waals surface area contributed by atoms with Crippen LogP contribution in [0.15, 0.2) is 41.6 Å². The van der Waals surface area contributed by atoms with Crippen LogP contribution in [0.2, 0.25) is 0 Å². The van der Waals surface area contributed by atoms with E-state index in [-0.39, 0.29) is 23.9 Å². The molecule has 0 saturated heterocycles. The summed E-state index contributed by atoms with van der Waals surface area (Å²) >= 11 is 0. The summed E-state index contributed by atoms with van der Waals surface area (Å²) in [5.74, 6) is 1.24. The van der Waals surface area contributed by atoms with E-state index >= 15 is 0 Å². The molecule has 0 saturated carbocycles. The molecule has 2 rings (SSSR count). The van der Waals surface area contributed by atoms with Crippen molar-refractivity contribution in [1.29, 1.82) is 0 Å². The molecule has 8 nitrogen and oxygen atoms in total. The fraction of sp³-hybridized carbons (Fsp3) is 0.143. The number of hydrogen-bond acceptors (Lipinski definition) is 7. The quantitative estimate of drug-likeness (QED) is 0.494. The van der Waals surface area contributed by atoms with Gasteiger partial charge in [0.25, 0.3) is 0 Å². The van der Waals surface area contributed by atoms with Gasteiger partial charge in [-0.15, -0.1) is 12.4 Å². The number of nitro groups is 1. The molecular formula is C14H15ClN4O4. The molecule has 0 fully saturated rings. The third-order valence-electron chi connectivity index (χ3n) is 2.77. The van der Waals surface area contributed by atoms with Crippen LogP contribution < -0.4 is 14.9 Å². The van der Waals surface area contributed by atoms with Gasteiger partial charge in [-0.1, -0.05) is 0 Å². The highest BCUT2D eigenvalue weighted by Crippen LogP contribution is 2.27. The number of nitrogens with zero attached hydrogens (tertiary/aromatic N) is 3. The lowest BCUT2D eigenvalue weighted by Gasteiger charge is -2.07. The van der Waals surface area contributed by atoms with Gasteiger partial charge in [0.15, 0.2) is 11.5 Å². The van der Waals surface area contributed by atoms with Crippen molar-refractivity contribution in [2.24, 2.45) is 5.10 Å². The Hall–Kier alpha value is -2.87. The van der Waals surface area contributed by atoms with Crippen LogP contribution in [-0.2, 0) is 0 Å². The van der Waals surface area contributed by atoms with Crippen LogP contribution in [0, 0.1) is 10.1 Å². The molecular weight excluding hydrogens is 324 g/mol.